The minimum atomic E-state index is 0.0332. The normalized spacial score (nSPS) is 32.5. The van der Waals surface area contributed by atoms with Crippen LogP contribution in [-0.2, 0) is 4.79 Å². The zero-order valence-corrected chi connectivity index (χ0v) is 8.56. The number of carbonyl (C=O) groups is 1. The monoisotopic (exact) mass is 207 g/mol. The van der Waals surface area contributed by atoms with E-state index in [0.29, 0.717) is 5.82 Å². The molecule has 15 heavy (non-hydrogen) atoms. The van der Waals surface area contributed by atoms with Gasteiger partial charge in [-0.05, 0) is 38.0 Å². The summed E-state index contributed by atoms with van der Waals surface area (Å²) in [5.41, 5.74) is 0. The number of hydrogen-bond acceptors (Lipinski definition) is 4. The smallest absolute Gasteiger partial charge is 0.315 e. The maximum Gasteiger partial charge on any atom is 0.328 e. The molecule has 0 aromatic carbocycles. The lowest BCUT2D eigenvalue weighted by molar-refractivity contribution is -0.120. The second kappa shape index (κ2) is 3.05. The van der Waals surface area contributed by atoms with Crippen LogP contribution in [-0.4, -0.2) is 16.0 Å². The number of aryl methyl sites for hydroxylation is 1. The van der Waals surface area contributed by atoms with Gasteiger partial charge in [0.25, 0.3) is 0 Å². The Morgan fingerprint density at radius 3 is 2.73 bits per heavy atom. The quantitative estimate of drug-likeness (QED) is 0.795. The van der Waals surface area contributed by atoms with E-state index in [0.717, 1.165) is 24.7 Å². The van der Waals surface area contributed by atoms with Crippen molar-refractivity contribution in [3.8, 4) is 0 Å². The molecule has 1 N–H and O–H groups in total. The van der Waals surface area contributed by atoms with Crippen LogP contribution in [0, 0.1) is 24.7 Å². The first-order valence-corrected chi connectivity index (χ1v) is 5.33. The van der Waals surface area contributed by atoms with Gasteiger partial charge in [-0.25, -0.2) is 0 Å². The summed E-state index contributed by atoms with van der Waals surface area (Å²) < 4.78 is 4.84. The third-order valence-corrected chi connectivity index (χ3v) is 3.37. The number of aromatic nitrogens is 2. The first-order valence-electron chi connectivity index (χ1n) is 5.33. The summed E-state index contributed by atoms with van der Waals surface area (Å²) in [6.07, 6.45) is 3.39. The molecule has 5 nitrogen and oxygen atoms in total. The lowest BCUT2D eigenvalue weighted by atomic mass is 10.0. The van der Waals surface area contributed by atoms with Gasteiger partial charge in [0, 0.05) is 5.92 Å². The van der Waals surface area contributed by atoms with Gasteiger partial charge in [-0.2, -0.15) is 4.98 Å². The third-order valence-electron chi connectivity index (χ3n) is 3.37. The van der Waals surface area contributed by atoms with Crippen LogP contribution in [0.3, 0.4) is 0 Å². The van der Waals surface area contributed by atoms with Crippen molar-refractivity contribution in [2.45, 2.75) is 26.2 Å². The predicted octanol–water partition coefficient (Wildman–Crippen LogP) is 1.36. The van der Waals surface area contributed by atoms with Gasteiger partial charge in [0.2, 0.25) is 5.91 Å². The number of rotatable bonds is 2. The highest BCUT2D eigenvalue weighted by atomic mass is 16.5. The van der Waals surface area contributed by atoms with Crippen LogP contribution in [0.5, 0.6) is 0 Å². The second-order valence-corrected chi connectivity index (χ2v) is 4.56. The highest BCUT2D eigenvalue weighted by Crippen LogP contribution is 2.54. The molecule has 5 heteroatoms. The molecular formula is C10H13N3O2. The van der Waals surface area contributed by atoms with E-state index in [4.69, 9.17) is 4.52 Å². The van der Waals surface area contributed by atoms with Crippen molar-refractivity contribution < 1.29 is 9.32 Å². The fraction of sp³-hybridized carbons (Fsp3) is 0.700. The minimum Gasteiger partial charge on any atom is -0.315 e. The highest BCUT2D eigenvalue weighted by molar-refractivity contribution is 5.90. The number of nitrogens with zero attached hydrogens (tertiary/aromatic N) is 2. The molecule has 1 heterocycles. The maximum absolute atomic E-state index is 11.8. The fourth-order valence-electron chi connectivity index (χ4n) is 2.48. The molecule has 2 fully saturated rings. The molecule has 0 saturated heterocycles. The molecule has 0 aliphatic heterocycles. The van der Waals surface area contributed by atoms with E-state index in [1.807, 2.05) is 0 Å². The Balaban J connectivity index is 1.61. The van der Waals surface area contributed by atoms with Gasteiger partial charge < -0.3 is 4.52 Å². The molecule has 0 radical (unpaired) electrons. The van der Waals surface area contributed by atoms with Gasteiger partial charge in [-0.1, -0.05) is 5.16 Å². The van der Waals surface area contributed by atoms with Gasteiger partial charge in [0.15, 0.2) is 5.82 Å². The molecule has 80 valence electrons. The van der Waals surface area contributed by atoms with Crippen LogP contribution in [0.2, 0.25) is 0 Å². The van der Waals surface area contributed by atoms with Crippen LogP contribution >= 0.6 is 0 Å². The van der Waals surface area contributed by atoms with E-state index in [-0.39, 0.29) is 17.8 Å². The minimum absolute atomic E-state index is 0.0332. The van der Waals surface area contributed by atoms with Crippen molar-refractivity contribution in [1.82, 2.24) is 10.1 Å². The van der Waals surface area contributed by atoms with Gasteiger partial charge >= 0.3 is 6.01 Å². The van der Waals surface area contributed by atoms with E-state index < -0.39 is 0 Å². The van der Waals surface area contributed by atoms with E-state index in [1.165, 1.54) is 6.42 Å². The standard InChI is InChI=1S/C10H13N3O2/c1-5-11-10(15-13-5)12-9(14)8-3-6-2-7(6)4-8/h6-8H,2-4H2,1H3,(H,11,12,13,14)/t6-,7+,8?. The summed E-state index contributed by atoms with van der Waals surface area (Å²) in [5, 5.41) is 6.29. The molecule has 2 aliphatic rings. The van der Waals surface area contributed by atoms with Gasteiger partial charge in [0.1, 0.15) is 0 Å². The van der Waals surface area contributed by atoms with Crippen molar-refractivity contribution >= 4 is 11.9 Å². The largest absolute Gasteiger partial charge is 0.328 e. The van der Waals surface area contributed by atoms with Crippen molar-refractivity contribution in [2.24, 2.45) is 17.8 Å². The Labute approximate surface area is 87.2 Å². The molecule has 1 unspecified atom stereocenters. The summed E-state index contributed by atoms with van der Waals surface area (Å²) in [4.78, 5) is 15.7. The summed E-state index contributed by atoms with van der Waals surface area (Å²) in [6.45, 7) is 1.73. The molecule has 0 bridgehead atoms. The predicted molar refractivity (Wildman–Crippen MR) is 52.0 cm³/mol. The fourth-order valence-corrected chi connectivity index (χ4v) is 2.48. The lowest BCUT2D eigenvalue weighted by Crippen LogP contribution is -2.21. The first-order chi connectivity index (χ1) is 7.22. The van der Waals surface area contributed by atoms with E-state index in [2.05, 4.69) is 15.5 Å². The molecule has 3 rings (SSSR count). The Morgan fingerprint density at radius 1 is 1.40 bits per heavy atom. The number of carbonyl (C=O) groups excluding carboxylic acids is 1. The van der Waals surface area contributed by atoms with Crippen LogP contribution in [0.1, 0.15) is 25.1 Å². The number of amides is 1. The molecule has 1 amide bonds. The van der Waals surface area contributed by atoms with E-state index >= 15 is 0 Å². The average molecular weight is 207 g/mol. The maximum atomic E-state index is 11.8. The summed E-state index contributed by atoms with van der Waals surface area (Å²) in [6, 6.07) is 0.220. The lowest BCUT2D eigenvalue weighted by Gasteiger charge is -2.08. The van der Waals surface area contributed by atoms with Crippen LogP contribution in [0.4, 0.5) is 6.01 Å². The Hall–Kier alpha value is -1.39. The Morgan fingerprint density at radius 2 is 2.13 bits per heavy atom. The molecule has 0 spiro atoms. The second-order valence-electron chi connectivity index (χ2n) is 4.56. The molecule has 2 saturated carbocycles. The van der Waals surface area contributed by atoms with Crippen LogP contribution in [0.15, 0.2) is 4.52 Å². The summed E-state index contributed by atoms with van der Waals surface area (Å²) in [7, 11) is 0. The van der Waals surface area contributed by atoms with Crippen LogP contribution < -0.4 is 5.32 Å². The number of anilines is 1. The molecular weight excluding hydrogens is 194 g/mol. The molecule has 1 aromatic heterocycles. The molecule has 2 aliphatic carbocycles. The summed E-state index contributed by atoms with van der Waals surface area (Å²) >= 11 is 0. The van der Waals surface area contributed by atoms with Crippen molar-refractivity contribution in [3.05, 3.63) is 5.82 Å². The SMILES string of the molecule is Cc1noc(NC(=O)C2C[C@@H]3C[C@@H]3C2)n1. The number of fused-ring (bicyclic) bond motifs is 1. The molecule has 3 atom stereocenters. The highest BCUT2D eigenvalue weighted by Gasteiger charge is 2.48. The Bertz CT molecular complexity index is 391. The first kappa shape index (κ1) is 8.88. The zero-order valence-electron chi connectivity index (χ0n) is 8.56. The van der Waals surface area contributed by atoms with Gasteiger partial charge in [0.05, 0.1) is 0 Å². The zero-order chi connectivity index (χ0) is 10.4. The van der Waals surface area contributed by atoms with Crippen molar-refractivity contribution in [2.75, 3.05) is 5.32 Å². The number of nitrogens with one attached hydrogen (secondary N) is 1. The van der Waals surface area contributed by atoms with Gasteiger partial charge in [-0.15, -0.1) is 0 Å². The summed E-state index contributed by atoms with van der Waals surface area (Å²) in [5.74, 6) is 2.35. The van der Waals surface area contributed by atoms with Crippen molar-refractivity contribution in [3.63, 3.8) is 0 Å². The van der Waals surface area contributed by atoms with E-state index in [9.17, 15) is 4.79 Å². The van der Waals surface area contributed by atoms with E-state index in [1.54, 1.807) is 6.92 Å². The van der Waals surface area contributed by atoms with Gasteiger partial charge in [-0.3, -0.25) is 10.1 Å². The number of hydrogen-bond donors (Lipinski definition) is 1. The third kappa shape index (κ3) is 1.62. The Kier molecular flexibility index (Phi) is 1.81. The van der Waals surface area contributed by atoms with Crippen molar-refractivity contribution in [1.29, 1.82) is 0 Å². The topological polar surface area (TPSA) is 68.0 Å². The average Bonchev–Trinajstić information content (AvgIpc) is 2.61. The van der Waals surface area contributed by atoms with Crippen LogP contribution in [0.25, 0.3) is 0 Å². The molecule has 1 aromatic rings.